The highest BCUT2D eigenvalue weighted by atomic mass is 16.6. The third-order valence-corrected chi connectivity index (χ3v) is 7.63. The van der Waals surface area contributed by atoms with E-state index in [4.69, 9.17) is 9.47 Å². The zero-order chi connectivity index (χ0) is 32.5. The highest BCUT2D eigenvalue weighted by molar-refractivity contribution is 5.93. The Hall–Kier alpha value is -5.12. The van der Waals surface area contributed by atoms with Crippen molar-refractivity contribution in [2.24, 2.45) is 0 Å². The van der Waals surface area contributed by atoms with Gasteiger partial charge in [-0.2, -0.15) is 0 Å². The molecule has 0 aliphatic rings. The van der Waals surface area contributed by atoms with Gasteiger partial charge >= 0.3 is 11.9 Å². The number of aliphatic hydroxyl groups is 4. The molecule has 0 radical (unpaired) electrons. The molecule has 5 rings (SSSR count). The lowest BCUT2D eigenvalue weighted by Crippen LogP contribution is -2.30. The second-order valence-corrected chi connectivity index (χ2v) is 10.7. The summed E-state index contributed by atoms with van der Waals surface area (Å²) >= 11 is 0. The van der Waals surface area contributed by atoms with Gasteiger partial charge in [0.1, 0.15) is 24.4 Å². The lowest BCUT2D eigenvalue weighted by atomic mass is 9.95. The second kappa shape index (κ2) is 15.2. The van der Waals surface area contributed by atoms with E-state index < -0.39 is 48.6 Å². The minimum absolute atomic E-state index is 0.0954. The Kier molecular flexibility index (Phi) is 10.7. The molecule has 5 aromatic carbocycles. The van der Waals surface area contributed by atoms with Crippen LogP contribution in [-0.4, -0.2) is 44.6 Å². The maximum Gasteiger partial charge on any atom is 0.338 e. The second-order valence-electron chi connectivity index (χ2n) is 10.7. The van der Waals surface area contributed by atoms with Crippen LogP contribution in [0.2, 0.25) is 0 Å². The fourth-order valence-electron chi connectivity index (χ4n) is 5.09. The van der Waals surface area contributed by atoms with E-state index >= 15 is 0 Å². The first-order valence-electron chi connectivity index (χ1n) is 14.8. The van der Waals surface area contributed by atoms with Crippen LogP contribution in [0.1, 0.15) is 67.4 Å². The number of ether oxygens (including phenoxy) is 2. The van der Waals surface area contributed by atoms with Crippen molar-refractivity contribution in [3.8, 4) is 0 Å². The van der Waals surface area contributed by atoms with Crippen LogP contribution >= 0.6 is 0 Å². The third-order valence-electron chi connectivity index (χ3n) is 7.63. The molecule has 0 aliphatic heterocycles. The minimum Gasteiger partial charge on any atom is -0.451 e. The molecule has 234 valence electrons. The van der Waals surface area contributed by atoms with Crippen molar-refractivity contribution in [2.75, 3.05) is 0 Å². The first-order valence-corrected chi connectivity index (χ1v) is 14.8. The van der Waals surface area contributed by atoms with E-state index in [2.05, 4.69) is 0 Å². The van der Waals surface area contributed by atoms with Crippen molar-refractivity contribution in [3.63, 3.8) is 0 Å². The number of hydrogen-bond donors (Lipinski definition) is 4. The Morgan fingerprint density at radius 1 is 0.391 bits per heavy atom. The highest BCUT2D eigenvalue weighted by Gasteiger charge is 2.34. The van der Waals surface area contributed by atoms with Crippen LogP contribution in [0, 0.1) is 0 Å². The topological polar surface area (TPSA) is 134 Å². The average molecular weight is 619 g/mol. The average Bonchev–Trinajstić information content (AvgIpc) is 3.13. The van der Waals surface area contributed by atoms with Gasteiger partial charge in [0.15, 0.2) is 12.2 Å². The first kappa shape index (κ1) is 32.3. The molecule has 0 saturated carbocycles. The van der Waals surface area contributed by atoms with E-state index in [1.807, 2.05) is 0 Å². The summed E-state index contributed by atoms with van der Waals surface area (Å²) in [5.41, 5.74) is 2.09. The van der Waals surface area contributed by atoms with Gasteiger partial charge in [0.2, 0.25) is 0 Å². The van der Waals surface area contributed by atoms with Crippen LogP contribution in [0.25, 0.3) is 0 Å². The van der Waals surface area contributed by atoms with Gasteiger partial charge in [0, 0.05) is 0 Å². The van der Waals surface area contributed by atoms with Gasteiger partial charge in [0.05, 0.1) is 11.1 Å². The zero-order valence-corrected chi connectivity index (χ0v) is 24.7. The summed E-state index contributed by atoms with van der Waals surface area (Å²) in [7, 11) is 0. The largest absolute Gasteiger partial charge is 0.451 e. The van der Waals surface area contributed by atoms with E-state index in [-0.39, 0.29) is 11.1 Å². The molecule has 6 atom stereocenters. The van der Waals surface area contributed by atoms with Crippen LogP contribution < -0.4 is 0 Å². The lowest BCUT2D eigenvalue weighted by Gasteiger charge is -2.28. The van der Waals surface area contributed by atoms with Crippen molar-refractivity contribution in [1.82, 2.24) is 0 Å². The summed E-state index contributed by atoms with van der Waals surface area (Å²) in [4.78, 5) is 26.5. The molecule has 5 aromatic rings. The van der Waals surface area contributed by atoms with Crippen LogP contribution in [0.5, 0.6) is 0 Å². The van der Waals surface area contributed by atoms with Gasteiger partial charge in [-0.05, 0) is 46.5 Å². The number of aliphatic hydroxyl groups excluding tert-OH is 4. The summed E-state index contributed by atoms with van der Waals surface area (Å²) in [5, 5.41) is 43.9. The number of benzene rings is 5. The maximum atomic E-state index is 13.2. The number of rotatable bonds is 12. The number of carbonyl (C=O) groups excluding carboxylic acids is 2. The maximum absolute atomic E-state index is 13.2. The summed E-state index contributed by atoms with van der Waals surface area (Å²) in [6.45, 7) is 0. The van der Waals surface area contributed by atoms with E-state index in [9.17, 15) is 30.0 Å². The van der Waals surface area contributed by atoms with Gasteiger partial charge < -0.3 is 29.9 Å². The molecular formula is C38H34O8. The van der Waals surface area contributed by atoms with Gasteiger partial charge in [-0.1, -0.05) is 121 Å². The Morgan fingerprint density at radius 2 is 0.652 bits per heavy atom. The Morgan fingerprint density at radius 3 is 0.935 bits per heavy atom. The fraction of sp³-hybridized carbons (Fsp3) is 0.158. The first-order chi connectivity index (χ1) is 22.3. The molecule has 0 bridgehead atoms. The molecular weight excluding hydrogens is 584 g/mol. The zero-order valence-electron chi connectivity index (χ0n) is 24.7. The predicted molar refractivity (Wildman–Crippen MR) is 170 cm³/mol. The monoisotopic (exact) mass is 618 g/mol. The summed E-state index contributed by atoms with van der Waals surface area (Å²) in [5.74, 6) is -1.56. The molecule has 8 heteroatoms. The van der Waals surface area contributed by atoms with Crippen molar-refractivity contribution in [1.29, 1.82) is 0 Å². The summed E-state index contributed by atoms with van der Waals surface area (Å²) < 4.78 is 11.4. The lowest BCUT2D eigenvalue weighted by molar-refractivity contribution is -0.0736. The van der Waals surface area contributed by atoms with Crippen molar-refractivity contribution in [3.05, 3.63) is 179 Å². The van der Waals surface area contributed by atoms with E-state index in [0.29, 0.717) is 22.3 Å². The highest BCUT2D eigenvalue weighted by Crippen LogP contribution is 2.32. The van der Waals surface area contributed by atoms with Crippen molar-refractivity contribution >= 4 is 11.9 Å². The molecule has 0 aliphatic carbocycles. The molecule has 0 amide bonds. The van der Waals surface area contributed by atoms with Crippen LogP contribution in [0.15, 0.2) is 146 Å². The van der Waals surface area contributed by atoms with Crippen molar-refractivity contribution in [2.45, 2.75) is 36.6 Å². The number of carbonyl (C=O) groups is 2. The standard InChI is InChI=1S/C38H34O8/c39-31(25-13-5-1-6-14-25)33(41)35(27-17-9-3-10-18-27)45-37(43)29-21-23-30(24-22-29)38(44)46-36(28-19-11-4-12-20-28)34(42)32(40)26-15-7-2-8-16-26/h1-24,31-36,39-42H. The Balaban J connectivity index is 1.32. The van der Waals surface area contributed by atoms with Crippen LogP contribution in [0.4, 0.5) is 0 Å². The summed E-state index contributed by atoms with van der Waals surface area (Å²) in [6.07, 6.45) is -8.00. The molecule has 46 heavy (non-hydrogen) atoms. The molecule has 0 fully saturated rings. The number of hydrogen-bond acceptors (Lipinski definition) is 8. The Labute approximate surface area is 266 Å². The molecule has 0 heterocycles. The Bertz CT molecular complexity index is 1550. The SMILES string of the molecule is O=C(OC(c1ccccc1)C(O)C(O)c1ccccc1)c1ccc(C(=O)OC(c2ccccc2)C(O)C(O)c2ccccc2)cc1. The summed E-state index contributed by atoms with van der Waals surface area (Å²) in [6, 6.07) is 39.9. The van der Waals surface area contributed by atoms with Gasteiger partial charge in [-0.25, -0.2) is 9.59 Å². The normalized spacial score (nSPS) is 15.0. The van der Waals surface area contributed by atoms with Gasteiger partial charge in [-0.15, -0.1) is 0 Å². The van der Waals surface area contributed by atoms with Crippen LogP contribution in [0.3, 0.4) is 0 Å². The molecule has 0 spiro atoms. The number of esters is 2. The van der Waals surface area contributed by atoms with E-state index in [0.717, 1.165) is 0 Å². The third kappa shape index (κ3) is 7.74. The molecule has 0 saturated heterocycles. The minimum atomic E-state index is -1.48. The van der Waals surface area contributed by atoms with Gasteiger partial charge in [0.25, 0.3) is 0 Å². The predicted octanol–water partition coefficient (Wildman–Crippen LogP) is 5.67. The van der Waals surface area contributed by atoms with Gasteiger partial charge in [-0.3, -0.25) is 0 Å². The molecule has 4 N–H and O–H groups in total. The molecule has 8 nitrogen and oxygen atoms in total. The van der Waals surface area contributed by atoms with Crippen molar-refractivity contribution < 1.29 is 39.5 Å². The molecule has 6 unspecified atom stereocenters. The smallest absolute Gasteiger partial charge is 0.338 e. The van der Waals surface area contributed by atoms with E-state index in [1.54, 1.807) is 121 Å². The quantitative estimate of drug-likeness (QED) is 0.132. The van der Waals surface area contributed by atoms with Crippen LogP contribution in [-0.2, 0) is 9.47 Å². The molecule has 0 aromatic heterocycles. The van der Waals surface area contributed by atoms with E-state index in [1.165, 1.54) is 24.3 Å². The fourth-order valence-corrected chi connectivity index (χ4v) is 5.09.